The quantitative estimate of drug-likeness (QED) is 0.635. The lowest BCUT2D eigenvalue weighted by Gasteiger charge is -2.11. The molecule has 0 bridgehead atoms. The lowest BCUT2D eigenvalue weighted by atomic mass is 10.2. The minimum absolute atomic E-state index is 0.0456. The van der Waals surface area contributed by atoms with E-state index in [0.29, 0.717) is 5.75 Å². The van der Waals surface area contributed by atoms with Gasteiger partial charge in [0.1, 0.15) is 12.3 Å². The number of hydrogen-bond acceptors (Lipinski definition) is 5. The summed E-state index contributed by atoms with van der Waals surface area (Å²) in [6.07, 6.45) is 0. The Morgan fingerprint density at radius 2 is 1.93 bits per heavy atom. The largest absolute Gasteiger partial charge is 0.496 e. The first kappa shape index (κ1) is 18.7. The molecule has 142 valence electrons. The van der Waals surface area contributed by atoms with Gasteiger partial charge in [0.05, 0.1) is 7.11 Å². The topological polar surface area (TPSA) is 100 Å². The van der Waals surface area contributed by atoms with Crippen LogP contribution in [0.2, 0.25) is 5.28 Å². The molecule has 0 saturated heterocycles. The van der Waals surface area contributed by atoms with Crippen LogP contribution in [0.3, 0.4) is 0 Å². The first-order chi connectivity index (χ1) is 12.8. The number of carbonyl (C=O) groups excluding carboxylic acids is 1. The number of carbonyl (C=O) groups is 1. The number of imidazole rings is 1. The number of methoxy groups -OCH3 is 1. The predicted molar refractivity (Wildman–Crippen MR) is 100 cm³/mol. The van der Waals surface area contributed by atoms with Gasteiger partial charge in [-0.25, -0.2) is 4.79 Å². The van der Waals surface area contributed by atoms with Gasteiger partial charge in [-0.1, -0.05) is 18.2 Å². The highest BCUT2D eigenvalue weighted by Gasteiger charge is 2.19. The fraction of sp³-hybridized carbons (Fsp3) is 0.294. The second kappa shape index (κ2) is 7.28. The van der Waals surface area contributed by atoms with E-state index in [1.807, 2.05) is 18.2 Å². The molecule has 0 aliphatic rings. The molecular formula is C17H18ClN5O4. The zero-order chi connectivity index (χ0) is 19.7. The highest BCUT2D eigenvalue weighted by Crippen LogP contribution is 2.17. The van der Waals surface area contributed by atoms with Gasteiger partial charge in [-0.15, -0.1) is 0 Å². The van der Waals surface area contributed by atoms with Gasteiger partial charge in [0.15, 0.2) is 11.2 Å². The molecule has 0 aliphatic heterocycles. The van der Waals surface area contributed by atoms with Crippen LogP contribution in [0.4, 0.5) is 0 Å². The van der Waals surface area contributed by atoms with Gasteiger partial charge >= 0.3 is 5.69 Å². The molecule has 3 aromatic rings. The predicted octanol–water partition coefficient (Wildman–Crippen LogP) is 0.412. The Labute approximate surface area is 158 Å². The molecule has 1 aromatic carbocycles. The molecule has 0 fully saturated rings. The summed E-state index contributed by atoms with van der Waals surface area (Å²) in [5, 5.41) is 2.71. The summed E-state index contributed by atoms with van der Waals surface area (Å²) in [7, 11) is 4.40. The number of hydrogen-bond donors (Lipinski definition) is 1. The number of benzene rings is 1. The van der Waals surface area contributed by atoms with Crippen molar-refractivity contribution in [3.63, 3.8) is 0 Å². The summed E-state index contributed by atoms with van der Waals surface area (Å²) < 4.78 is 8.70. The average molecular weight is 392 g/mol. The second-order valence-electron chi connectivity index (χ2n) is 5.93. The zero-order valence-corrected chi connectivity index (χ0v) is 15.8. The molecule has 0 atom stereocenters. The van der Waals surface area contributed by atoms with Crippen molar-refractivity contribution < 1.29 is 9.53 Å². The van der Waals surface area contributed by atoms with Gasteiger partial charge < -0.3 is 10.1 Å². The SMILES string of the molecule is COc1ccccc1CNC(=O)Cn1c(Cl)nc2c1c(=O)n(C)c(=O)n2C. The summed E-state index contributed by atoms with van der Waals surface area (Å²) in [6.45, 7) is 0.0432. The zero-order valence-electron chi connectivity index (χ0n) is 15.0. The maximum atomic E-state index is 12.5. The lowest BCUT2D eigenvalue weighted by Crippen LogP contribution is -2.38. The minimum Gasteiger partial charge on any atom is -0.496 e. The van der Waals surface area contributed by atoms with E-state index in [1.165, 1.54) is 23.2 Å². The van der Waals surface area contributed by atoms with Crippen molar-refractivity contribution in [3.8, 4) is 5.75 Å². The third-order valence-electron chi connectivity index (χ3n) is 4.27. The van der Waals surface area contributed by atoms with E-state index in [9.17, 15) is 14.4 Å². The number of aromatic nitrogens is 4. The van der Waals surface area contributed by atoms with Crippen LogP contribution in [0, 0.1) is 0 Å². The number of fused-ring (bicyclic) bond motifs is 1. The van der Waals surface area contributed by atoms with E-state index in [0.717, 1.165) is 10.1 Å². The van der Waals surface area contributed by atoms with Crippen LogP contribution in [-0.2, 0) is 32.0 Å². The molecule has 2 aromatic heterocycles. The molecular weight excluding hydrogens is 374 g/mol. The van der Waals surface area contributed by atoms with E-state index in [1.54, 1.807) is 13.2 Å². The highest BCUT2D eigenvalue weighted by molar-refractivity contribution is 6.29. The van der Waals surface area contributed by atoms with Crippen molar-refractivity contribution >= 4 is 28.7 Å². The summed E-state index contributed by atoms with van der Waals surface area (Å²) >= 11 is 6.11. The van der Waals surface area contributed by atoms with Crippen molar-refractivity contribution in [1.29, 1.82) is 0 Å². The Kier molecular flexibility index (Phi) is 5.04. The minimum atomic E-state index is -0.565. The molecule has 2 heterocycles. The number of para-hydroxylation sites is 1. The van der Waals surface area contributed by atoms with Crippen LogP contribution in [0.1, 0.15) is 5.56 Å². The fourth-order valence-corrected chi connectivity index (χ4v) is 3.03. The van der Waals surface area contributed by atoms with Gasteiger partial charge in [-0.3, -0.25) is 23.3 Å². The summed E-state index contributed by atoms with van der Waals surface area (Å²) in [5.74, 6) is 0.297. The van der Waals surface area contributed by atoms with Crippen molar-refractivity contribution in [2.75, 3.05) is 7.11 Å². The van der Waals surface area contributed by atoms with Crippen molar-refractivity contribution in [2.24, 2.45) is 14.1 Å². The maximum Gasteiger partial charge on any atom is 0.332 e. The second-order valence-corrected chi connectivity index (χ2v) is 6.27. The maximum absolute atomic E-state index is 12.5. The Morgan fingerprint density at radius 3 is 2.63 bits per heavy atom. The summed E-state index contributed by atoms with van der Waals surface area (Å²) in [5.41, 5.74) is -0.0459. The smallest absolute Gasteiger partial charge is 0.332 e. The Hall–Kier alpha value is -3.07. The van der Waals surface area contributed by atoms with Crippen LogP contribution < -0.4 is 21.3 Å². The Bertz CT molecular complexity index is 1140. The van der Waals surface area contributed by atoms with Crippen LogP contribution in [0.25, 0.3) is 11.2 Å². The van der Waals surface area contributed by atoms with Crippen molar-refractivity contribution in [2.45, 2.75) is 13.1 Å². The number of nitrogens with zero attached hydrogens (tertiary/aromatic N) is 4. The monoisotopic (exact) mass is 391 g/mol. The summed E-state index contributed by atoms with van der Waals surface area (Å²) in [6, 6.07) is 7.31. The number of amides is 1. The highest BCUT2D eigenvalue weighted by atomic mass is 35.5. The molecule has 0 spiro atoms. The Morgan fingerprint density at radius 1 is 1.22 bits per heavy atom. The van der Waals surface area contributed by atoms with E-state index in [4.69, 9.17) is 16.3 Å². The van der Waals surface area contributed by atoms with Gasteiger partial charge in [-0.05, 0) is 17.7 Å². The molecule has 1 amide bonds. The van der Waals surface area contributed by atoms with Gasteiger partial charge in [0.25, 0.3) is 5.56 Å². The van der Waals surface area contributed by atoms with Crippen LogP contribution in [0.15, 0.2) is 33.9 Å². The number of halogens is 1. The molecule has 0 saturated carbocycles. The van der Waals surface area contributed by atoms with Crippen molar-refractivity contribution in [3.05, 3.63) is 56.0 Å². The number of ether oxygens (including phenoxy) is 1. The normalized spacial score (nSPS) is 11.0. The molecule has 10 heteroatoms. The molecule has 1 N–H and O–H groups in total. The van der Waals surface area contributed by atoms with Gasteiger partial charge in [0, 0.05) is 26.2 Å². The molecule has 3 rings (SSSR count). The lowest BCUT2D eigenvalue weighted by molar-refractivity contribution is -0.121. The number of nitrogens with one attached hydrogen (secondary N) is 1. The van der Waals surface area contributed by atoms with Crippen molar-refractivity contribution in [1.82, 2.24) is 24.0 Å². The molecule has 27 heavy (non-hydrogen) atoms. The number of rotatable bonds is 5. The van der Waals surface area contributed by atoms with Crippen LogP contribution in [-0.4, -0.2) is 31.7 Å². The van der Waals surface area contributed by atoms with E-state index in [2.05, 4.69) is 10.3 Å². The van der Waals surface area contributed by atoms with E-state index >= 15 is 0 Å². The fourth-order valence-electron chi connectivity index (χ4n) is 2.81. The van der Waals surface area contributed by atoms with E-state index < -0.39 is 11.2 Å². The molecule has 9 nitrogen and oxygen atoms in total. The van der Waals surface area contributed by atoms with Gasteiger partial charge in [0.2, 0.25) is 11.2 Å². The number of aryl methyl sites for hydroxylation is 1. The summed E-state index contributed by atoms with van der Waals surface area (Å²) in [4.78, 5) is 40.9. The third kappa shape index (κ3) is 3.33. The molecule has 0 aliphatic carbocycles. The molecule has 0 unspecified atom stereocenters. The van der Waals surface area contributed by atoms with Gasteiger partial charge in [-0.2, -0.15) is 4.98 Å². The first-order valence-corrected chi connectivity index (χ1v) is 8.43. The third-order valence-corrected chi connectivity index (χ3v) is 4.56. The van der Waals surface area contributed by atoms with Crippen LogP contribution >= 0.6 is 11.6 Å². The molecule has 0 radical (unpaired) electrons. The standard InChI is InChI=1S/C17H18ClN5O4/c1-21-14-13(15(25)22(2)17(21)26)23(16(18)20-14)9-12(24)19-8-10-6-4-5-7-11(10)27-3/h4-7H,8-9H2,1-3H3,(H,19,24). The first-order valence-electron chi connectivity index (χ1n) is 8.05. The Balaban J connectivity index is 1.89. The average Bonchev–Trinajstić information content (AvgIpc) is 2.99. The van der Waals surface area contributed by atoms with E-state index in [-0.39, 0.29) is 35.4 Å². The van der Waals surface area contributed by atoms with Crippen LogP contribution in [0.5, 0.6) is 5.75 Å².